The van der Waals surface area contributed by atoms with E-state index in [-0.39, 0.29) is 13.2 Å². The highest BCUT2D eigenvalue weighted by molar-refractivity contribution is 4.94. The number of aliphatic hydroxyl groups is 7. The number of hydrogen-bond acceptors (Lipinski definition) is 12. The van der Waals surface area contributed by atoms with Crippen LogP contribution in [0.1, 0.15) is 71.1 Å². The van der Waals surface area contributed by atoms with Crippen molar-refractivity contribution >= 4 is 0 Å². The second-order valence-electron chi connectivity index (χ2n) is 10.2. The molecule has 2 aliphatic heterocycles. The van der Waals surface area contributed by atoms with Crippen LogP contribution in [0.4, 0.5) is 0 Å². The van der Waals surface area contributed by atoms with E-state index in [1.807, 2.05) is 0 Å². The van der Waals surface area contributed by atoms with Crippen LogP contribution in [0.15, 0.2) is 0 Å². The Hall–Kier alpha value is -0.480. The fourth-order valence-electron chi connectivity index (χ4n) is 4.71. The Morgan fingerprint density at radius 1 is 0.553 bits per heavy atom. The summed E-state index contributed by atoms with van der Waals surface area (Å²) in [5, 5.41) is 70.2. The average molecular weight is 555 g/mol. The van der Waals surface area contributed by atoms with E-state index in [4.69, 9.17) is 23.7 Å². The molecule has 2 heterocycles. The Balaban J connectivity index is 1.64. The minimum absolute atomic E-state index is 0.0998. The fraction of sp³-hybridized carbons (Fsp3) is 1.00. The lowest BCUT2D eigenvalue weighted by Crippen LogP contribution is -2.64. The second kappa shape index (κ2) is 18.8. The highest BCUT2D eigenvalue weighted by Gasteiger charge is 2.50. The Kier molecular flexibility index (Phi) is 16.7. The molecule has 0 spiro atoms. The molecule has 226 valence electrons. The van der Waals surface area contributed by atoms with E-state index in [0.717, 1.165) is 12.8 Å². The Morgan fingerprint density at radius 3 is 1.71 bits per heavy atom. The van der Waals surface area contributed by atoms with Crippen molar-refractivity contribution in [1.29, 1.82) is 0 Å². The van der Waals surface area contributed by atoms with Gasteiger partial charge in [0.05, 0.1) is 26.4 Å². The molecule has 2 saturated heterocycles. The normalized spacial score (nSPS) is 36.0. The summed E-state index contributed by atoms with van der Waals surface area (Å²) in [6, 6.07) is 0. The van der Waals surface area contributed by atoms with Crippen molar-refractivity contribution < 1.29 is 59.4 Å². The van der Waals surface area contributed by atoms with Gasteiger partial charge < -0.3 is 59.4 Å². The van der Waals surface area contributed by atoms with Crippen molar-refractivity contribution in [2.45, 2.75) is 133 Å². The van der Waals surface area contributed by atoms with E-state index in [1.165, 1.54) is 51.4 Å². The van der Waals surface area contributed by atoms with Gasteiger partial charge in [-0.25, -0.2) is 0 Å². The van der Waals surface area contributed by atoms with E-state index in [1.54, 1.807) is 0 Å². The van der Waals surface area contributed by atoms with Crippen LogP contribution in [0, 0.1) is 0 Å². The predicted molar refractivity (Wildman–Crippen MR) is 135 cm³/mol. The molecular formula is C26H50O12. The quantitative estimate of drug-likeness (QED) is 0.102. The molecule has 0 amide bonds. The summed E-state index contributed by atoms with van der Waals surface area (Å²) in [4.78, 5) is 0. The fourth-order valence-corrected chi connectivity index (χ4v) is 4.71. The Bertz CT molecular complexity index is 595. The largest absolute Gasteiger partial charge is 0.394 e. The molecule has 12 nitrogen and oxygen atoms in total. The van der Waals surface area contributed by atoms with Crippen molar-refractivity contribution in [3.63, 3.8) is 0 Å². The van der Waals surface area contributed by atoms with Gasteiger partial charge in [0.25, 0.3) is 0 Å². The van der Waals surface area contributed by atoms with Crippen LogP contribution in [-0.4, -0.2) is 130 Å². The molecule has 0 radical (unpaired) electrons. The lowest BCUT2D eigenvalue weighted by atomic mass is 9.97. The molecule has 12 heteroatoms. The summed E-state index contributed by atoms with van der Waals surface area (Å²) in [7, 11) is 0. The molecule has 0 aromatic carbocycles. The predicted octanol–water partition coefficient (Wildman–Crippen LogP) is -0.435. The molecule has 10 atom stereocenters. The Morgan fingerprint density at radius 2 is 1.11 bits per heavy atom. The maximum atomic E-state index is 10.6. The summed E-state index contributed by atoms with van der Waals surface area (Å²) in [5.41, 5.74) is 0. The van der Waals surface area contributed by atoms with Crippen molar-refractivity contribution in [3.8, 4) is 0 Å². The maximum absolute atomic E-state index is 10.6. The first-order valence-corrected chi connectivity index (χ1v) is 14.1. The van der Waals surface area contributed by atoms with Gasteiger partial charge in [0.1, 0.15) is 48.8 Å². The third-order valence-electron chi connectivity index (χ3n) is 7.11. The SMILES string of the molecule is CCCCCCCCCCCCOCCO[C@@H]1O[C@H](CO)[C@@H](O[C@H]2O[C@H](CO)[C@@H](O)[C@H](O)[C@H]2O)[C@H](O)[C@H]1O. The molecule has 7 N–H and O–H groups in total. The summed E-state index contributed by atoms with van der Waals surface area (Å²) in [6.07, 6.45) is -2.25. The zero-order valence-corrected chi connectivity index (χ0v) is 22.6. The third kappa shape index (κ3) is 10.5. The first kappa shape index (κ1) is 33.7. The second-order valence-corrected chi connectivity index (χ2v) is 10.2. The van der Waals surface area contributed by atoms with Gasteiger partial charge in [0.2, 0.25) is 0 Å². The molecule has 38 heavy (non-hydrogen) atoms. The van der Waals surface area contributed by atoms with Crippen molar-refractivity contribution in [2.24, 2.45) is 0 Å². The summed E-state index contributed by atoms with van der Waals surface area (Å²) >= 11 is 0. The topological polar surface area (TPSA) is 188 Å². The smallest absolute Gasteiger partial charge is 0.187 e. The van der Waals surface area contributed by atoms with Crippen LogP contribution in [-0.2, 0) is 23.7 Å². The zero-order chi connectivity index (χ0) is 27.9. The molecule has 2 aliphatic rings. The molecule has 0 saturated carbocycles. The van der Waals surface area contributed by atoms with E-state index in [2.05, 4.69) is 6.92 Å². The van der Waals surface area contributed by atoms with E-state index >= 15 is 0 Å². The van der Waals surface area contributed by atoms with Gasteiger partial charge in [-0.1, -0.05) is 64.7 Å². The molecule has 2 fully saturated rings. The van der Waals surface area contributed by atoms with Crippen LogP contribution in [0.25, 0.3) is 0 Å². The minimum Gasteiger partial charge on any atom is -0.394 e. The van der Waals surface area contributed by atoms with E-state index in [9.17, 15) is 35.7 Å². The van der Waals surface area contributed by atoms with Crippen LogP contribution in [0.2, 0.25) is 0 Å². The molecule has 0 unspecified atom stereocenters. The zero-order valence-electron chi connectivity index (χ0n) is 22.6. The van der Waals surface area contributed by atoms with Crippen molar-refractivity contribution in [1.82, 2.24) is 0 Å². The lowest BCUT2D eigenvalue weighted by molar-refractivity contribution is -0.359. The minimum atomic E-state index is -1.71. The highest BCUT2D eigenvalue weighted by Crippen LogP contribution is 2.29. The van der Waals surface area contributed by atoms with Gasteiger partial charge in [0, 0.05) is 6.61 Å². The number of rotatable bonds is 19. The van der Waals surface area contributed by atoms with Gasteiger partial charge in [-0.15, -0.1) is 0 Å². The summed E-state index contributed by atoms with van der Waals surface area (Å²) < 4.78 is 27.5. The van der Waals surface area contributed by atoms with Crippen molar-refractivity contribution in [2.75, 3.05) is 33.0 Å². The first-order valence-electron chi connectivity index (χ1n) is 14.1. The Labute approximate surface area is 225 Å². The highest BCUT2D eigenvalue weighted by atomic mass is 16.7. The number of unbranched alkanes of at least 4 members (excludes halogenated alkanes) is 9. The summed E-state index contributed by atoms with van der Waals surface area (Å²) in [5.74, 6) is 0. The van der Waals surface area contributed by atoms with Crippen LogP contribution >= 0.6 is 0 Å². The van der Waals surface area contributed by atoms with Gasteiger partial charge in [-0.05, 0) is 6.42 Å². The average Bonchev–Trinajstić information content (AvgIpc) is 2.92. The lowest BCUT2D eigenvalue weighted by Gasteiger charge is -2.45. The van der Waals surface area contributed by atoms with Gasteiger partial charge in [-0.3, -0.25) is 0 Å². The van der Waals surface area contributed by atoms with Gasteiger partial charge in [-0.2, -0.15) is 0 Å². The molecule has 0 aliphatic carbocycles. The van der Waals surface area contributed by atoms with Crippen LogP contribution < -0.4 is 0 Å². The summed E-state index contributed by atoms with van der Waals surface area (Å²) in [6.45, 7) is 1.93. The molecule has 0 aromatic rings. The molecule has 0 bridgehead atoms. The van der Waals surface area contributed by atoms with Gasteiger partial charge >= 0.3 is 0 Å². The first-order chi connectivity index (χ1) is 18.3. The van der Waals surface area contributed by atoms with E-state index < -0.39 is 74.6 Å². The van der Waals surface area contributed by atoms with Crippen molar-refractivity contribution in [3.05, 3.63) is 0 Å². The standard InChI is InChI=1S/C26H50O12/c1-2-3-4-5-6-7-8-9-10-11-12-34-13-14-35-25-23(33)21(31)24(18(16-28)37-25)38-26-22(32)20(30)19(29)17(15-27)36-26/h17-33H,2-16H2,1H3/t17-,18-,19-,20+,21-,22-,23-,24-,25-,26-/m1/s1. The third-order valence-corrected chi connectivity index (χ3v) is 7.11. The number of ether oxygens (including phenoxy) is 5. The van der Waals surface area contributed by atoms with Crippen LogP contribution in [0.5, 0.6) is 0 Å². The molecule has 0 aromatic heterocycles. The number of aliphatic hydroxyl groups excluding tert-OH is 7. The molecular weight excluding hydrogens is 504 g/mol. The van der Waals surface area contributed by atoms with Gasteiger partial charge in [0.15, 0.2) is 12.6 Å². The maximum Gasteiger partial charge on any atom is 0.187 e. The molecule has 2 rings (SSSR count). The van der Waals surface area contributed by atoms with Crippen LogP contribution in [0.3, 0.4) is 0 Å². The number of hydrogen-bond donors (Lipinski definition) is 7. The monoisotopic (exact) mass is 554 g/mol. The van der Waals surface area contributed by atoms with E-state index in [0.29, 0.717) is 6.61 Å².